The van der Waals surface area contributed by atoms with E-state index in [1.807, 2.05) is 6.92 Å². The number of esters is 2. The van der Waals surface area contributed by atoms with Gasteiger partial charge in [-0.05, 0) is 68.6 Å². The maximum Gasteiger partial charge on any atom is 0.308 e. The van der Waals surface area contributed by atoms with Crippen LogP contribution in [0.5, 0.6) is 11.5 Å². The molecule has 0 saturated heterocycles. The minimum absolute atomic E-state index is 0.353. The Kier molecular flexibility index (Phi) is 14.6. The first kappa shape index (κ1) is 30.9. The van der Waals surface area contributed by atoms with Crippen LogP contribution in [-0.2, 0) is 16.0 Å². The van der Waals surface area contributed by atoms with Gasteiger partial charge in [-0.15, -0.1) is 0 Å². The van der Waals surface area contributed by atoms with Crippen molar-refractivity contribution < 1.29 is 19.1 Å². The van der Waals surface area contributed by atoms with Gasteiger partial charge in [0.2, 0.25) is 0 Å². The average molecular weight is 487 g/mol. The topological polar surface area (TPSA) is 52.6 Å². The molecular formula is C31H50O4. The largest absolute Gasteiger partial charge is 0.427 e. The highest BCUT2D eigenvalue weighted by atomic mass is 16.5. The lowest BCUT2D eigenvalue weighted by Crippen LogP contribution is -2.07. The summed E-state index contributed by atoms with van der Waals surface area (Å²) >= 11 is 0. The molecule has 0 saturated carbocycles. The van der Waals surface area contributed by atoms with E-state index >= 15 is 0 Å². The summed E-state index contributed by atoms with van der Waals surface area (Å²) in [6.07, 6.45) is 14.5. The highest BCUT2D eigenvalue weighted by Crippen LogP contribution is 2.31. The minimum atomic E-state index is -0.364. The molecular weight excluding hydrogens is 436 g/mol. The second-order valence-electron chi connectivity index (χ2n) is 11.0. The maximum absolute atomic E-state index is 11.6. The lowest BCUT2D eigenvalue weighted by atomic mass is 9.91. The van der Waals surface area contributed by atoms with Crippen LogP contribution in [0.4, 0.5) is 0 Å². The lowest BCUT2D eigenvalue weighted by Gasteiger charge is -2.15. The van der Waals surface area contributed by atoms with Crippen molar-refractivity contribution in [2.24, 2.45) is 17.8 Å². The SMILES string of the molecule is CC(=O)Oc1cc(C)c(OC(C)=O)c(C/C=C(\C)CCC[C@@H](C)CCC[C@@H](C)CCCC(C)C)c1. The van der Waals surface area contributed by atoms with E-state index in [2.05, 4.69) is 40.7 Å². The van der Waals surface area contributed by atoms with Crippen molar-refractivity contribution in [3.8, 4) is 11.5 Å². The molecule has 198 valence electrons. The smallest absolute Gasteiger partial charge is 0.308 e. The molecule has 4 heteroatoms. The molecule has 0 aliphatic heterocycles. The fraction of sp³-hybridized carbons (Fsp3) is 0.677. The molecule has 0 amide bonds. The zero-order valence-corrected chi connectivity index (χ0v) is 23.7. The Balaban J connectivity index is 2.50. The standard InChI is InChI=1S/C31H50O4/c1-22(2)12-9-13-23(3)14-10-15-24(4)16-11-17-25(5)18-19-29-21-30(34-27(7)32)20-26(6)31(29)35-28(8)33/h18,20-24H,9-17,19H2,1-8H3/b25-18+/t23-,24-/m0/s1. The molecule has 1 rings (SSSR count). The third-order valence-electron chi connectivity index (χ3n) is 6.64. The van der Waals surface area contributed by atoms with Crippen molar-refractivity contribution in [1.82, 2.24) is 0 Å². The number of carbonyl (C=O) groups is 2. The van der Waals surface area contributed by atoms with Crippen LogP contribution in [0, 0.1) is 24.7 Å². The van der Waals surface area contributed by atoms with Gasteiger partial charge >= 0.3 is 11.9 Å². The van der Waals surface area contributed by atoms with Crippen LogP contribution in [0.2, 0.25) is 0 Å². The quantitative estimate of drug-likeness (QED) is 0.133. The van der Waals surface area contributed by atoms with Gasteiger partial charge in [0.05, 0.1) is 0 Å². The van der Waals surface area contributed by atoms with Crippen molar-refractivity contribution >= 4 is 11.9 Å². The Morgan fingerprint density at radius 3 is 1.89 bits per heavy atom. The summed E-state index contributed by atoms with van der Waals surface area (Å²) in [4.78, 5) is 23.0. The van der Waals surface area contributed by atoms with Gasteiger partial charge in [-0.25, -0.2) is 0 Å². The molecule has 1 aromatic carbocycles. The van der Waals surface area contributed by atoms with E-state index in [4.69, 9.17) is 9.47 Å². The van der Waals surface area contributed by atoms with E-state index in [0.717, 1.165) is 35.3 Å². The molecule has 2 atom stereocenters. The number of benzene rings is 1. The van der Waals surface area contributed by atoms with E-state index < -0.39 is 0 Å². The summed E-state index contributed by atoms with van der Waals surface area (Å²) in [5, 5.41) is 0. The normalized spacial score (nSPS) is 13.6. The highest BCUT2D eigenvalue weighted by molar-refractivity contribution is 5.72. The van der Waals surface area contributed by atoms with Gasteiger partial charge in [0.25, 0.3) is 0 Å². The molecule has 0 heterocycles. The van der Waals surface area contributed by atoms with Crippen LogP contribution in [0.15, 0.2) is 23.8 Å². The molecule has 0 bridgehead atoms. The van der Waals surface area contributed by atoms with Crippen molar-refractivity contribution in [2.45, 2.75) is 120 Å². The van der Waals surface area contributed by atoms with E-state index in [1.54, 1.807) is 12.1 Å². The van der Waals surface area contributed by atoms with Crippen LogP contribution >= 0.6 is 0 Å². The third-order valence-corrected chi connectivity index (χ3v) is 6.64. The van der Waals surface area contributed by atoms with Crippen LogP contribution < -0.4 is 9.47 Å². The fourth-order valence-electron chi connectivity index (χ4n) is 4.57. The summed E-state index contributed by atoms with van der Waals surface area (Å²) in [5.41, 5.74) is 2.97. The van der Waals surface area contributed by atoms with Crippen molar-refractivity contribution in [3.05, 3.63) is 34.9 Å². The van der Waals surface area contributed by atoms with Gasteiger partial charge in [0.15, 0.2) is 0 Å². The second kappa shape index (κ2) is 16.5. The molecule has 0 unspecified atom stereocenters. The predicted molar refractivity (Wildman–Crippen MR) is 146 cm³/mol. The first-order chi connectivity index (χ1) is 16.5. The molecule has 4 nitrogen and oxygen atoms in total. The third kappa shape index (κ3) is 14.1. The fourth-order valence-corrected chi connectivity index (χ4v) is 4.57. The molecule has 0 fully saturated rings. The summed E-state index contributed by atoms with van der Waals surface area (Å²) in [5.74, 6) is 2.77. The van der Waals surface area contributed by atoms with Crippen LogP contribution in [0.1, 0.15) is 117 Å². The number of ether oxygens (including phenoxy) is 2. The maximum atomic E-state index is 11.6. The van der Waals surface area contributed by atoms with Gasteiger partial charge in [0.1, 0.15) is 11.5 Å². The number of allylic oxidation sites excluding steroid dienone is 2. The summed E-state index contributed by atoms with van der Waals surface area (Å²) in [6, 6.07) is 3.52. The van der Waals surface area contributed by atoms with E-state index in [-0.39, 0.29) is 11.9 Å². The minimum Gasteiger partial charge on any atom is -0.427 e. The Morgan fingerprint density at radius 1 is 0.800 bits per heavy atom. The van der Waals surface area contributed by atoms with Gasteiger partial charge in [0, 0.05) is 19.4 Å². The number of carbonyl (C=O) groups excluding carboxylic acids is 2. The number of hydrogen-bond acceptors (Lipinski definition) is 4. The van der Waals surface area contributed by atoms with Crippen molar-refractivity contribution in [1.29, 1.82) is 0 Å². The Morgan fingerprint density at radius 2 is 1.34 bits per heavy atom. The first-order valence-electron chi connectivity index (χ1n) is 13.6. The highest BCUT2D eigenvalue weighted by Gasteiger charge is 2.13. The number of hydrogen-bond donors (Lipinski definition) is 0. The summed E-state index contributed by atoms with van der Waals surface area (Å²) in [7, 11) is 0. The molecule has 0 radical (unpaired) electrons. The molecule has 0 aliphatic carbocycles. The second-order valence-corrected chi connectivity index (χ2v) is 11.0. The van der Waals surface area contributed by atoms with Crippen molar-refractivity contribution in [3.63, 3.8) is 0 Å². The molecule has 0 aromatic heterocycles. The van der Waals surface area contributed by atoms with Crippen LogP contribution in [-0.4, -0.2) is 11.9 Å². The molecule has 1 aromatic rings. The van der Waals surface area contributed by atoms with Crippen LogP contribution in [0.3, 0.4) is 0 Å². The lowest BCUT2D eigenvalue weighted by molar-refractivity contribution is -0.133. The molecule has 0 aliphatic rings. The van der Waals surface area contributed by atoms with Gasteiger partial charge in [-0.2, -0.15) is 0 Å². The molecule has 35 heavy (non-hydrogen) atoms. The number of aryl methyl sites for hydroxylation is 1. The van der Waals surface area contributed by atoms with E-state index in [9.17, 15) is 9.59 Å². The van der Waals surface area contributed by atoms with E-state index in [1.165, 1.54) is 70.8 Å². The van der Waals surface area contributed by atoms with Gasteiger partial charge in [-0.3, -0.25) is 9.59 Å². The Labute approximate surface area is 214 Å². The molecule has 0 N–H and O–H groups in total. The van der Waals surface area contributed by atoms with Crippen LogP contribution in [0.25, 0.3) is 0 Å². The average Bonchev–Trinajstić information content (AvgIpc) is 2.73. The first-order valence-corrected chi connectivity index (χ1v) is 13.6. The van der Waals surface area contributed by atoms with Gasteiger partial charge < -0.3 is 9.47 Å². The van der Waals surface area contributed by atoms with Crippen molar-refractivity contribution in [2.75, 3.05) is 0 Å². The monoisotopic (exact) mass is 486 g/mol. The Bertz CT molecular complexity index is 822. The zero-order chi connectivity index (χ0) is 26.4. The van der Waals surface area contributed by atoms with E-state index in [0.29, 0.717) is 17.9 Å². The summed E-state index contributed by atoms with van der Waals surface area (Å²) < 4.78 is 10.7. The number of rotatable bonds is 16. The Hall–Kier alpha value is -2.10. The zero-order valence-electron chi connectivity index (χ0n) is 23.7. The summed E-state index contributed by atoms with van der Waals surface area (Å²) in [6.45, 7) is 16.2. The van der Waals surface area contributed by atoms with Gasteiger partial charge in [-0.1, -0.05) is 84.3 Å². The predicted octanol–water partition coefficient (Wildman–Crippen LogP) is 8.77. The molecule has 0 spiro atoms.